The Morgan fingerprint density at radius 3 is 2.77 bits per heavy atom. The van der Waals surface area contributed by atoms with E-state index >= 15 is 0 Å². The highest BCUT2D eigenvalue weighted by Gasteiger charge is 2.44. The van der Waals surface area contributed by atoms with Crippen molar-refractivity contribution < 1.29 is 9.53 Å². The van der Waals surface area contributed by atoms with Gasteiger partial charge in [-0.25, -0.2) is 4.98 Å². The van der Waals surface area contributed by atoms with Crippen molar-refractivity contribution >= 4 is 5.91 Å². The molecular weight excluding hydrogens is 280 g/mol. The lowest BCUT2D eigenvalue weighted by Gasteiger charge is -2.39. The fourth-order valence-electron chi connectivity index (χ4n) is 2.76. The summed E-state index contributed by atoms with van der Waals surface area (Å²) < 4.78 is 5.19. The van der Waals surface area contributed by atoms with Crippen LogP contribution in [0, 0.1) is 5.41 Å². The minimum Gasteiger partial charge on any atom is -0.384 e. The maximum Gasteiger partial charge on any atom is 0.228 e. The SMILES string of the molecule is COCC1(C(=O)NCc2nc(-c3ccccc3)n[nH]2)CCC1. The highest BCUT2D eigenvalue weighted by molar-refractivity contribution is 5.83. The molecule has 1 aliphatic rings. The number of rotatable bonds is 6. The van der Waals surface area contributed by atoms with Gasteiger partial charge in [0.25, 0.3) is 0 Å². The summed E-state index contributed by atoms with van der Waals surface area (Å²) in [6.07, 6.45) is 2.86. The molecule has 6 heteroatoms. The highest BCUT2D eigenvalue weighted by Crippen LogP contribution is 2.41. The van der Waals surface area contributed by atoms with Crippen LogP contribution >= 0.6 is 0 Å². The van der Waals surface area contributed by atoms with Crippen molar-refractivity contribution in [1.29, 1.82) is 0 Å². The predicted octanol–water partition coefficient (Wildman–Crippen LogP) is 1.90. The van der Waals surface area contributed by atoms with Crippen molar-refractivity contribution in [3.05, 3.63) is 36.2 Å². The maximum absolute atomic E-state index is 12.3. The number of hydrogen-bond acceptors (Lipinski definition) is 4. The third-order valence-electron chi connectivity index (χ3n) is 4.19. The zero-order valence-corrected chi connectivity index (χ0v) is 12.6. The Labute approximate surface area is 129 Å². The number of carbonyl (C=O) groups excluding carboxylic acids is 1. The second kappa shape index (κ2) is 6.27. The molecule has 0 unspecified atom stereocenters. The van der Waals surface area contributed by atoms with Gasteiger partial charge < -0.3 is 10.1 Å². The van der Waals surface area contributed by atoms with Crippen molar-refractivity contribution in [3.8, 4) is 11.4 Å². The first-order valence-electron chi connectivity index (χ1n) is 7.47. The van der Waals surface area contributed by atoms with Crippen LogP contribution in [0.2, 0.25) is 0 Å². The van der Waals surface area contributed by atoms with Crippen LogP contribution in [0.4, 0.5) is 0 Å². The molecule has 22 heavy (non-hydrogen) atoms. The first-order chi connectivity index (χ1) is 10.7. The Morgan fingerprint density at radius 1 is 1.36 bits per heavy atom. The molecule has 3 rings (SSSR count). The Morgan fingerprint density at radius 2 is 2.14 bits per heavy atom. The minimum absolute atomic E-state index is 0.0401. The molecule has 2 N–H and O–H groups in total. The van der Waals surface area contributed by atoms with E-state index in [1.54, 1.807) is 7.11 Å². The van der Waals surface area contributed by atoms with Gasteiger partial charge in [0, 0.05) is 12.7 Å². The molecule has 116 valence electrons. The number of aromatic amines is 1. The molecule has 1 saturated carbocycles. The summed E-state index contributed by atoms with van der Waals surface area (Å²) >= 11 is 0. The van der Waals surface area contributed by atoms with Gasteiger partial charge in [0.15, 0.2) is 5.82 Å². The minimum atomic E-state index is -0.350. The summed E-state index contributed by atoms with van der Waals surface area (Å²) in [5, 5.41) is 10.00. The summed E-state index contributed by atoms with van der Waals surface area (Å²) in [6.45, 7) is 0.828. The zero-order valence-electron chi connectivity index (χ0n) is 12.6. The fraction of sp³-hybridized carbons (Fsp3) is 0.438. The number of methoxy groups -OCH3 is 1. The lowest BCUT2D eigenvalue weighted by atomic mass is 9.68. The van der Waals surface area contributed by atoms with Crippen LogP contribution < -0.4 is 5.32 Å². The van der Waals surface area contributed by atoms with E-state index < -0.39 is 0 Å². The average molecular weight is 300 g/mol. The van der Waals surface area contributed by atoms with Crippen LogP contribution in [0.15, 0.2) is 30.3 Å². The van der Waals surface area contributed by atoms with Gasteiger partial charge in [-0.3, -0.25) is 9.89 Å². The van der Waals surface area contributed by atoms with E-state index in [4.69, 9.17) is 4.74 Å². The Kier molecular flexibility index (Phi) is 4.20. The molecule has 0 saturated heterocycles. The standard InChI is InChI=1S/C16H20N4O2/c1-22-11-16(8-5-9-16)15(21)17-10-13-18-14(20-19-13)12-6-3-2-4-7-12/h2-4,6-7H,5,8-11H2,1H3,(H,17,21)(H,18,19,20). The van der Waals surface area contributed by atoms with Crippen LogP contribution in [-0.2, 0) is 16.1 Å². The normalized spacial score (nSPS) is 16.0. The highest BCUT2D eigenvalue weighted by atomic mass is 16.5. The van der Waals surface area contributed by atoms with E-state index in [0.717, 1.165) is 24.8 Å². The summed E-state index contributed by atoms with van der Waals surface area (Å²) in [6, 6.07) is 9.74. The molecule has 6 nitrogen and oxygen atoms in total. The molecule has 0 aliphatic heterocycles. The number of H-pyrrole nitrogens is 1. The van der Waals surface area contributed by atoms with E-state index in [1.165, 1.54) is 0 Å². The second-order valence-corrected chi connectivity index (χ2v) is 5.72. The molecule has 0 radical (unpaired) electrons. The van der Waals surface area contributed by atoms with Gasteiger partial charge in [0.1, 0.15) is 5.82 Å². The van der Waals surface area contributed by atoms with E-state index in [1.807, 2.05) is 30.3 Å². The summed E-state index contributed by atoms with van der Waals surface area (Å²) in [5.41, 5.74) is 0.600. The smallest absolute Gasteiger partial charge is 0.228 e. The van der Waals surface area contributed by atoms with Gasteiger partial charge in [-0.15, -0.1) is 0 Å². The van der Waals surface area contributed by atoms with E-state index in [9.17, 15) is 4.79 Å². The first-order valence-corrected chi connectivity index (χ1v) is 7.47. The average Bonchev–Trinajstić information content (AvgIpc) is 2.98. The summed E-state index contributed by atoms with van der Waals surface area (Å²) in [5.74, 6) is 1.33. The van der Waals surface area contributed by atoms with Crippen LogP contribution in [0.25, 0.3) is 11.4 Å². The van der Waals surface area contributed by atoms with Crippen molar-refractivity contribution in [3.63, 3.8) is 0 Å². The van der Waals surface area contributed by atoms with Crippen LogP contribution in [-0.4, -0.2) is 34.8 Å². The molecule has 2 aromatic rings. The monoisotopic (exact) mass is 300 g/mol. The molecule has 1 aromatic carbocycles. The van der Waals surface area contributed by atoms with Gasteiger partial charge >= 0.3 is 0 Å². The zero-order chi connectivity index (χ0) is 15.4. The Balaban J connectivity index is 1.60. The first kappa shape index (κ1) is 14.7. The number of benzene rings is 1. The number of ether oxygens (including phenoxy) is 1. The number of carbonyl (C=O) groups is 1. The topological polar surface area (TPSA) is 79.9 Å². The van der Waals surface area contributed by atoms with Crippen LogP contribution in [0.1, 0.15) is 25.1 Å². The second-order valence-electron chi connectivity index (χ2n) is 5.72. The number of hydrogen-bond donors (Lipinski definition) is 2. The van der Waals surface area contributed by atoms with Crippen molar-refractivity contribution in [2.45, 2.75) is 25.8 Å². The quantitative estimate of drug-likeness (QED) is 0.854. The molecule has 0 spiro atoms. The van der Waals surface area contributed by atoms with Gasteiger partial charge in [-0.2, -0.15) is 5.10 Å². The molecule has 1 aromatic heterocycles. The Bertz CT molecular complexity index is 635. The third kappa shape index (κ3) is 2.87. The predicted molar refractivity (Wildman–Crippen MR) is 81.8 cm³/mol. The van der Waals surface area contributed by atoms with E-state index in [-0.39, 0.29) is 11.3 Å². The van der Waals surface area contributed by atoms with Gasteiger partial charge in [-0.05, 0) is 12.8 Å². The van der Waals surface area contributed by atoms with Gasteiger partial charge in [0.05, 0.1) is 18.6 Å². The van der Waals surface area contributed by atoms with Crippen molar-refractivity contribution in [1.82, 2.24) is 20.5 Å². The number of nitrogens with zero attached hydrogens (tertiary/aromatic N) is 2. The lowest BCUT2D eigenvalue weighted by Crippen LogP contribution is -2.48. The number of nitrogens with one attached hydrogen (secondary N) is 2. The Hall–Kier alpha value is -2.21. The maximum atomic E-state index is 12.3. The van der Waals surface area contributed by atoms with Crippen LogP contribution in [0.5, 0.6) is 0 Å². The summed E-state index contributed by atoms with van der Waals surface area (Å²) in [4.78, 5) is 16.7. The lowest BCUT2D eigenvalue weighted by molar-refractivity contribution is -0.140. The molecule has 0 atom stereocenters. The van der Waals surface area contributed by atoms with Crippen LogP contribution in [0.3, 0.4) is 0 Å². The molecular formula is C16H20N4O2. The molecule has 1 amide bonds. The number of aromatic nitrogens is 3. The molecule has 1 aliphatic carbocycles. The van der Waals surface area contributed by atoms with Crippen molar-refractivity contribution in [2.24, 2.45) is 5.41 Å². The fourth-order valence-corrected chi connectivity index (χ4v) is 2.76. The summed E-state index contributed by atoms with van der Waals surface area (Å²) in [7, 11) is 1.63. The molecule has 1 heterocycles. The largest absolute Gasteiger partial charge is 0.384 e. The third-order valence-corrected chi connectivity index (χ3v) is 4.19. The van der Waals surface area contributed by atoms with Gasteiger partial charge in [0.2, 0.25) is 5.91 Å². The molecule has 1 fully saturated rings. The number of amides is 1. The molecule has 0 bridgehead atoms. The van der Waals surface area contributed by atoms with E-state index in [2.05, 4.69) is 20.5 Å². The van der Waals surface area contributed by atoms with E-state index in [0.29, 0.717) is 24.8 Å². The van der Waals surface area contributed by atoms with Crippen molar-refractivity contribution in [2.75, 3.05) is 13.7 Å². The van der Waals surface area contributed by atoms with Gasteiger partial charge in [-0.1, -0.05) is 36.8 Å².